The number of rotatable bonds is 7. The van der Waals surface area contributed by atoms with Crippen molar-refractivity contribution in [2.24, 2.45) is 0 Å². The maximum absolute atomic E-state index is 13.3. The molecule has 0 aliphatic heterocycles. The van der Waals surface area contributed by atoms with Crippen molar-refractivity contribution in [2.75, 3.05) is 5.88 Å². The third-order valence-electron chi connectivity index (χ3n) is 5.44. The Kier molecular flexibility index (Phi) is 7.64. The molecule has 1 saturated carbocycles. The molecule has 1 aromatic heterocycles. The minimum Gasteiger partial charge on any atom is -0.351 e. The van der Waals surface area contributed by atoms with E-state index in [-0.39, 0.29) is 23.7 Å². The van der Waals surface area contributed by atoms with Gasteiger partial charge in [-0.2, -0.15) is 0 Å². The Morgan fingerprint density at radius 3 is 2.38 bits per heavy atom. The number of carbonyl (C=O) groups excluding carboxylic acids is 2. The molecule has 1 aliphatic carbocycles. The van der Waals surface area contributed by atoms with Crippen LogP contribution >= 0.6 is 11.6 Å². The van der Waals surface area contributed by atoms with Gasteiger partial charge in [-0.3, -0.25) is 14.6 Å². The normalized spacial score (nSPS) is 15.5. The SMILES string of the molecule is Cc1ccc(CN(C(=O)CCl)C(C(=O)NC2CCCCC2)c2ccncc2)cc1. The molecule has 5 nitrogen and oxygen atoms in total. The highest BCUT2D eigenvalue weighted by Gasteiger charge is 2.32. The molecule has 29 heavy (non-hydrogen) atoms. The Labute approximate surface area is 177 Å². The van der Waals surface area contributed by atoms with E-state index in [1.807, 2.05) is 31.2 Å². The van der Waals surface area contributed by atoms with Crippen LogP contribution in [0.2, 0.25) is 0 Å². The number of alkyl halides is 1. The molecule has 1 atom stereocenters. The third kappa shape index (κ3) is 5.80. The van der Waals surface area contributed by atoms with Crippen LogP contribution in [0.3, 0.4) is 0 Å². The maximum Gasteiger partial charge on any atom is 0.247 e. The fourth-order valence-electron chi connectivity index (χ4n) is 3.84. The summed E-state index contributed by atoms with van der Waals surface area (Å²) in [5.41, 5.74) is 2.84. The summed E-state index contributed by atoms with van der Waals surface area (Å²) in [5.74, 6) is -0.606. The van der Waals surface area contributed by atoms with E-state index in [2.05, 4.69) is 10.3 Å². The van der Waals surface area contributed by atoms with Crippen molar-refractivity contribution >= 4 is 23.4 Å². The molecular weight excluding hydrogens is 386 g/mol. The standard InChI is InChI=1S/C23H28ClN3O2/c1-17-7-9-18(10-8-17)16-27(21(28)15-24)22(19-11-13-25-14-12-19)23(29)26-20-5-3-2-4-6-20/h7-14,20,22H,2-6,15-16H2,1H3,(H,26,29). The summed E-state index contributed by atoms with van der Waals surface area (Å²) < 4.78 is 0. The summed E-state index contributed by atoms with van der Waals surface area (Å²) in [6.45, 7) is 2.33. The predicted octanol–water partition coefficient (Wildman–Crippen LogP) is 4.15. The molecule has 1 heterocycles. The Hall–Kier alpha value is -2.40. The lowest BCUT2D eigenvalue weighted by Crippen LogP contribution is -2.47. The molecule has 0 bridgehead atoms. The summed E-state index contributed by atoms with van der Waals surface area (Å²) in [5, 5.41) is 3.18. The number of nitrogens with zero attached hydrogens (tertiary/aromatic N) is 2. The number of amides is 2. The van der Waals surface area contributed by atoms with Crippen LogP contribution in [0.5, 0.6) is 0 Å². The van der Waals surface area contributed by atoms with Gasteiger partial charge in [-0.15, -0.1) is 11.6 Å². The maximum atomic E-state index is 13.3. The summed E-state index contributed by atoms with van der Waals surface area (Å²) in [7, 11) is 0. The molecule has 0 saturated heterocycles. The van der Waals surface area contributed by atoms with Crippen LogP contribution in [0.25, 0.3) is 0 Å². The van der Waals surface area contributed by atoms with Crippen LogP contribution in [0, 0.1) is 6.92 Å². The number of hydrogen-bond donors (Lipinski definition) is 1. The van der Waals surface area contributed by atoms with Gasteiger partial charge in [0.1, 0.15) is 11.9 Å². The van der Waals surface area contributed by atoms with Gasteiger partial charge in [0, 0.05) is 25.0 Å². The lowest BCUT2D eigenvalue weighted by molar-refractivity contribution is -0.140. The van der Waals surface area contributed by atoms with Crippen LogP contribution in [0.15, 0.2) is 48.8 Å². The number of pyridine rings is 1. The van der Waals surface area contributed by atoms with Crippen molar-refractivity contribution in [1.82, 2.24) is 15.2 Å². The fraction of sp³-hybridized carbons (Fsp3) is 0.435. The number of aromatic nitrogens is 1. The van der Waals surface area contributed by atoms with Crippen molar-refractivity contribution in [3.05, 3.63) is 65.5 Å². The smallest absolute Gasteiger partial charge is 0.247 e. The zero-order valence-electron chi connectivity index (χ0n) is 16.8. The Morgan fingerprint density at radius 1 is 1.10 bits per heavy atom. The van der Waals surface area contributed by atoms with Gasteiger partial charge in [0.05, 0.1) is 0 Å². The highest BCUT2D eigenvalue weighted by molar-refractivity contribution is 6.27. The number of benzene rings is 1. The highest BCUT2D eigenvalue weighted by Crippen LogP contribution is 2.26. The van der Waals surface area contributed by atoms with Gasteiger partial charge in [-0.1, -0.05) is 49.1 Å². The number of carbonyl (C=O) groups is 2. The third-order valence-corrected chi connectivity index (χ3v) is 5.67. The molecule has 0 radical (unpaired) electrons. The number of nitrogens with one attached hydrogen (secondary N) is 1. The van der Waals surface area contributed by atoms with Crippen molar-refractivity contribution in [2.45, 2.75) is 57.7 Å². The molecule has 1 N–H and O–H groups in total. The molecule has 6 heteroatoms. The van der Waals surface area contributed by atoms with Gasteiger partial charge < -0.3 is 10.2 Å². The average Bonchev–Trinajstić information content (AvgIpc) is 2.75. The van der Waals surface area contributed by atoms with Gasteiger partial charge in [0.25, 0.3) is 0 Å². The Balaban J connectivity index is 1.90. The zero-order valence-corrected chi connectivity index (χ0v) is 17.6. The predicted molar refractivity (Wildman–Crippen MR) is 114 cm³/mol. The molecule has 1 aliphatic rings. The van der Waals surface area contributed by atoms with Crippen LogP contribution in [-0.2, 0) is 16.1 Å². The van der Waals surface area contributed by atoms with Crippen molar-refractivity contribution in [3.63, 3.8) is 0 Å². The molecule has 0 spiro atoms. The van der Waals surface area contributed by atoms with E-state index >= 15 is 0 Å². The van der Waals surface area contributed by atoms with E-state index in [9.17, 15) is 9.59 Å². The largest absolute Gasteiger partial charge is 0.351 e. The Bertz CT molecular complexity index is 805. The van der Waals surface area contributed by atoms with Gasteiger partial charge in [-0.25, -0.2) is 0 Å². The summed E-state index contributed by atoms with van der Waals surface area (Å²) in [6.07, 6.45) is 8.71. The Morgan fingerprint density at radius 2 is 1.76 bits per heavy atom. The van der Waals surface area contributed by atoms with Crippen molar-refractivity contribution in [3.8, 4) is 0 Å². The summed E-state index contributed by atoms with van der Waals surface area (Å²) >= 11 is 5.93. The van der Waals surface area contributed by atoms with Crippen LogP contribution < -0.4 is 5.32 Å². The first kappa shape index (κ1) is 21.3. The fourth-order valence-corrected chi connectivity index (χ4v) is 3.99. The zero-order chi connectivity index (χ0) is 20.6. The highest BCUT2D eigenvalue weighted by atomic mass is 35.5. The average molecular weight is 414 g/mol. The van der Waals surface area contributed by atoms with Gasteiger partial charge in [0.2, 0.25) is 11.8 Å². The summed E-state index contributed by atoms with van der Waals surface area (Å²) in [6, 6.07) is 11.0. The topological polar surface area (TPSA) is 62.3 Å². The molecular formula is C23H28ClN3O2. The van der Waals surface area contributed by atoms with Crippen LogP contribution in [-0.4, -0.2) is 33.6 Å². The van der Waals surface area contributed by atoms with E-state index in [0.717, 1.165) is 42.4 Å². The minimum absolute atomic E-state index is 0.159. The molecule has 3 rings (SSSR count). The van der Waals surface area contributed by atoms with Crippen LogP contribution in [0.4, 0.5) is 0 Å². The lowest BCUT2D eigenvalue weighted by atomic mass is 9.94. The first-order valence-electron chi connectivity index (χ1n) is 10.2. The van der Waals surface area contributed by atoms with Gasteiger partial charge in [0.15, 0.2) is 0 Å². The van der Waals surface area contributed by atoms with Crippen molar-refractivity contribution in [1.29, 1.82) is 0 Å². The van der Waals surface area contributed by atoms with E-state index in [1.54, 1.807) is 29.4 Å². The van der Waals surface area contributed by atoms with E-state index < -0.39 is 6.04 Å². The second-order valence-electron chi connectivity index (χ2n) is 7.67. The van der Waals surface area contributed by atoms with E-state index in [0.29, 0.717) is 6.54 Å². The lowest BCUT2D eigenvalue weighted by Gasteiger charge is -2.33. The number of aryl methyl sites for hydroxylation is 1. The van der Waals surface area contributed by atoms with Crippen LogP contribution in [0.1, 0.15) is 54.8 Å². The molecule has 1 aromatic carbocycles. The van der Waals surface area contributed by atoms with E-state index in [1.165, 1.54) is 6.42 Å². The molecule has 1 unspecified atom stereocenters. The molecule has 2 aromatic rings. The second kappa shape index (κ2) is 10.4. The van der Waals surface area contributed by atoms with Gasteiger partial charge in [-0.05, 0) is 43.0 Å². The second-order valence-corrected chi connectivity index (χ2v) is 7.93. The molecule has 2 amide bonds. The number of halogens is 1. The molecule has 1 fully saturated rings. The monoisotopic (exact) mass is 413 g/mol. The quantitative estimate of drug-likeness (QED) is 0.693. The summed E-state index contributed by atoms with van der Waals surface area (Å²) in [4.78, 5) is 31.8. The van der Waals surface area contributed by atoms with E-state index in [4.69, 9.17) is 11.6 Å². The first-order chi connectivity index (χ1) is 14.1. The molecule has 154 valence electrons. The van der Waals surface area contributed by atoms with Crippen molar-refractivity contribution < 1.29 is 9.59 Å². The minimum atomic E-state index is -0.743. The first-order valence-corrected chi connectivity index (χ1v) is 10.7. The number of hydrogen-bond acceptors (Lipinski definition) is 3. The van der Waals surface area contributed by atoms with Gasteiger partial charge >= 0.3 is 0 Å².